The van der Waals surface area contributed by atoms with Crippen molar-refractivity contribution in [3.63, 3.8) is 0 Å². The number of benzene rings is 2. The lowest BCUT2D eigenvalue weighted by molar-refractivity contribution is 0.101. The number of nitrogens with zero attached hydrogens (tertiary/aromatic N) is 2. The van der Waals surface area contributed by atoms with Crippen LogP contribution < -0.4 is 10.9 Å². The van der Waals surface area contributed by atoms with Crippen LogP contribution in [0.15, 0.2) is 63.9 Å². The number of aryl methyl sites for hydroxylation is 1. The van der Waals surface area contributed by atoms with Crippen molar-refractivity contribution in [2.45, 2.75) is 13.3 Å². The normalized spacial score (nSPS) is 10.5. The van der Waals surface area contributed by atoms with Crippen molar-refractivity contribution in [2.24, 2.45) is 0 Å². The highest BCUT2D eigenvalue weighted by Crippen LogP contribution is 2.19. The van der Waals surface area contributed by atoms with Crippen LogP contribution >= 0.6 is 15.9 Å². The zero-order chi connectivity index (χ0) is 18.7. The first-order valence-corrected chi connectivity index (χ1v) is 8.77. The molecule has 0 spiro atoms. The Morgan fingerprint density at radius 1 is 1.19 bits per heavy atom. The van der Waals surface area contributed by atoms with Gasteiger partial charge < -0.3 is 10.4 Å². The van der Waals surface area contributed by atoms with E-state index in [9.17, 15) is 14.7 Å². The molecule has 0 aliphatic heterocycles. The van der Waals surface area contributed by atoms with E-state index in [0.29, 0.717) is 11.4 Å². The molecule has 0 aliphatic carbocycles. The number of carbonyl (C=O) groups excluding carboxylic acids is 1. The van der Waals surface area contributed by atoms with Crippen molar-refractivity contribution >= 4 is 27.5 Å². The fraction of sp³-hybridized carbons (Fsp3) is 0.105. The molecule has 2 aromatic carbocycles. The first kappa shape index (κ1) is 17.9. The van der Waals surface area contributed by atoms with E-state index < -0.39 is 17.2 Å². The van der Waals surface area contributed by atoms with E-state index in [0.717, 1.165) is 27.2 Å². The summed E-state index contributed by atoms with van der Waals surface area (Å²) in [6.45, 7) is 1.98. The molecule has 3 rings (SSSR count). The maximum atomic E-state index is 12.6. The number of amides is 1. The molecule has 0 aliphatic rings. The summed E-state index contributed by atoms with van der Waals surface area (Å²) < 4.78 is 1.93. The van der Waals surface area contributed by atoms with Gasteiger partial charge >= 0.3 is 0 Å². The number of rotatable bonds is 4. The Morgan fingerprint density at radius 2 is 1.88 bits per heavy atom. The van der Waals surface area contributed by atoms with Gasteiger partial charge in [0.2, 0.25) is 0 Å². The Morgan fingerprint density at radius 3 is 2.58 bits per heavy atom. The van der Waals surface area contributed by atoms with Crippen LogP contribution in [0.1, 0.15) is 23.0 Å². The minimum Gasteiger partial charge on any atom is -0.505 e. The number of halogens is 1. The Labute approximate surface area is 158 Å². The molecule has 0 atom stereocenters. The Hall–Kier alpha value is -2.93. The van der Waals surface area contributed by atoms with Gasteiger partial charge in [0.25, 0.3) is 11.5 Å². The second-order valence-electron chi connectivity index (χ2n) is 5.57. The number of aromatic nitrogens is 2. The third kappa shape index (κ3) is 3.67. The number of anilines is 1. The summed E-state index contributed by atoms with van der Waals surface area (Å²) in [5.41, 5.74) is 1.33. The predicted molar refractivity (Wildman–Crippen MR) is 103 cm³/mol. The number of para-hydroxylation sites is 1. The second kappa shape index (κ2) is 7.53. The summed E-state index contributed by atoms with van der Waals surface area (Å²) in [4.78, 5) is 24.8. The average molecular weight is 414 g/mol. The van der Waals surface area contributed by atoms with E-state index in [-0.39, 0.29) is 5.69 Å². The third-order valence-corrected chi connectivity index (χ3v) is 4.37. The molecule has 2 N–H and O–H groups in total. The zero-order valence-electron chi connectivity index (χ0n) is 13.9. The van der Waals surface area contributed by atoms with Crippen LogP contribution in [0, 0.1) is 0 Å². The quantitative estimate of drug-likeness (QED) is 0.685. The van der Waals surface area contributed by atoms with Crippen molar-refractivity contribution in [2.75, 3.05) is 5.32 Å². The van der Waals surface area contributed by atoms with Gasteiger partial charge in [0, 0.05) is 16.2 Å². The summed E-state index contributed by atoms with van der Waals surface area (Å²) in [5, 5.41) is 16.8. The highest BCUT2D eigenvalue weighted by Gasteiger charge is 2.18. The molecule has 3 aromatic rings. The molecule has 0 saturated heterocycles. The minimum absolute atomic E-state index is 0.224. The fourth-order valence-corrected chi connectivity index (χ4v) is 2.77. The summed E-state index contributed by atoms with van der Waals surface area (Å²) >= 11 is 3.32. The van der Waals surface area contributed by atoms with Crippen LogP contribution in [0.4, 0.5) is 5.69 Å². The minimum atomic E-state index is -0.589. The van der Waals surface area contributed by atoms with Crippen molar-refractivity contribution < 1.29 is 9.90 Å². The predicted octanol–water partition coefficient (Wildman–Crippen LogP) is 3.52. The highest BCUT2D eigenvalue weighted by molar-refractivity contribution is 9.10. The van der Waals surface area contributed by atoms with Gasteiger partial charge in [-0.15, -0.1) is 0 Å². The van der Waals surface area contributed by atoms with E-state index in [1.165, 1.54) is 0 Å². The maximum absolute atomic E-state index is 12.6. The molecule has 26 heavy (non-hydrogen) atoms. The van der Waals surface area contributed by atoms with E-state index in [1.807, 2.05) is 25.1 Å². The largest absolute Gasteiger partial charge is 0.505 e. The van der Waals surface area contributed by atoms with Gasteiger partial charge in [-0.3, -0.25) is 9.59 Å². The molecule has 6 nitrogen and oxygen atoms in total. The molecule has 0 fully saturated rings. The fourth-order valence-electron chi connectivity index (χ4n) is 2.51. The molecule has 7 heteroatoms. The monoisotopic (exact) mass is 413 g/mol. The Bertz CT molecular complexity index is 1010. The first-order valence-electron chi connectivity index (χ1n) is 7.98. The molecule has 1 aromatic heterocycles. The van der Waals surface area contributed by atoms with Crippen LogP contribution in [0.2, 0.25) is 0 Å². The zero-order valence-corrected chi connectivity index (χ0v) is 15.5. The molecule has 1 amide bonds. The number of hydrogen-bond acceptors (Lipinski definition) is 4. The van der Waals surface area contributed by atoms with E-state index >= 15 is 0 Å². The molecule has 132 valence electrons. The number of hydrogen-bond donors (Lipinski definition) is 2. The van der Waals surface area contributed by atoms with Crippen molar-refractivity contribution in [1.29, 1.82) is 0 Å². The molecule has 0 saturated carbocycles. The Balaban J connectivity index is 1.99. The van der Waals surface area contributed by atoms with Gasteiger partial charge in [-0.05, 0) is 42.3 Å². The maximum Gasteiger partial charge on any atom is 0.279 e. The third-order valence-electron chi connectivity index (χ3n) is 3.84. The number of aromatic hydroxyl groups is 1. The van der Waals surface area contributed by atoms with Crippen LogP contribution in [0.5, 0.6) is 5.75 Å². The summed E-state index contributed by atoms with van der Waals surface area (Å²) in [6.07, 6.45) is 0.744. The topological polar surface area (TPSA) is 84.2 Å². The first-order chi connectivity index (χ1) is 12.5. The lowest BCUT2D eigenvalue weighted by atomic mass is 10.1. The van der Waals surface area contributed by atoms with Crippen LogP contribution in [-0.2, 0) is 6.42 Å². The van der Waals surface area contributed by atoms with Crippen molar-refractivity contribution in [1.82, 2.24) is 9.78 Å². The second-order valence-corrected chi connectivity index (χ2v) is 6.49. The van der Waals surface area contributed by atoms with Crippen LogP contribution in [0.25, 0.3) is 5.69 Å². The van der Waals surface area contributed by atoms with Gasteiger partial charge in [-0.1, -0.05) is 41.1 Å². The molecule has 1 heterocycles. The lowest BCUT2D eigenvalue weighted by Gasteiger charge is -2.11. The van der Waals surface area contributed by atoms with E-state index in [4.69, 9.17) is 0 Å². The van der Waals surface area contributed by atoms with Crippen molar-refractivity contribution in [3.05, 3.63) is 80.7 Å². The molecular weight excluding hydrogens is 398 g/mol. The standard InChI is InChI=1S/C19H16BrN3O3/c1-2-12-5-3-4-6-15(12)21-19(26)18-16(24)11-17(25)23(22-18)14-9-7-13(20)8-10-14/h3-11,24H,2H2,1H3,(H,21,26). The summed E-state index contributed by atoms with van der Waals surface area (Å²) in [6, 6.07) is 15.2. The molecule has 0 radical (unpaired) electrons. The highest BCUT2D eigenvalue weighted by atomic mass is 79.9. The smallest absolute Gasteiger partial charge is 0.279 e. The van der Waals surface area contributed by atoms with E-state index in [1.54, 1.807) is 30.3 Å². The molecule has 0 unspecified atom stereocenters. The molecular formula is C19H16BrN3O3. The summed E-state index contributed by atoms with van der Waals surface area (Å²) in [7, 11) is 0. The lowest BCUT2D eigenvalue weighted by Crippen LogP contribution is -2.25. The molecule has 0 bridgehead atoms. The van der Waals surface area contributed by atoms with Gasteiger partial charge in [0.15, 0.2) is 11.4 Å². The van der Waals surface area contributed by atoms with E-state index in [2.05, 4.69) is 26.3 Å². The van der Waals surface area contributed by atoms with Gasteiger partial charge in [-0.25, -0.2) is 0 Å². The Kier molecular flexibility index (Phi) is 5.18. The van der Waals surface area contributed by atoms with Gasteiger partial charge in [0.05, 0.1) is 5.69 Å². The summed E-state index contributed by atoms with van der Waals surface area (Å²) in [5.74, 6) is -1.05. The van der Waals surface area contributed by atoms with Crippen LogP contribution in [0.3, 0.4) is 0 Å². The number of carbonyl (C=O) groups is 1. The SMILES string of the molecule is CCc1ccccc1NC(=O)c1nn(-c2ccc(Br)cc2)c(=O)cc1O. The van der Waals surface area contributed by atoms with Gasteiger partial charge in [0.1, 0.15) is 0 Å². The van der Waals surface area contributed by atoms with Crippen LogP contribution in [-0.4, -0.2) is 20.8 Å². The van der Waals surface area contributed by atoms with Gasteiger partial charge in [-0.2, -0.15) is 9.78 Å². The average Bonchev–Trinajstić information content (AvgIpc) is 2.63. The van der Waals surface area contributed by atoms with Crippen molar-refractivity contribution in [3.8, 4) is 11.4 Å². The number of nitrogens with one attached hydrogen (secondary N) is 1.